The molecule has 0 atom stereocenters. The van der Waals surface area contributed by atoms with Crippen LogP contribution >= 0.6 is 11.3 Å². The highest BCUT2D eigenvalue weighted by molar-refractivity contribution is 7.17. The predicted molar refractivity (Wildman–Crippen MR) is 121 cm³/mol. The van der Waals surface area contributed by atoms with Crippen LogP contribution in [-0.4, -0.2) is 53.2 Å². The quantitative estimate of drug-likeness (QED) is 0.499. The maximum Gasteiger partial charge on any atom is 0.225 e. The third kappa shape index (κ3) is 3.43. The molecule has 0 bridgehead atoms. The summed E-state index contributed by atoms with van der Waals surface area (Å²) in [5, 5.41) is 3.30. The Bertz CT molecular complexity index is 1150. The fourth-order valence-corrected chi connectivity index (χ4v) is 4.80. The van der Waals surface area contributed by atoms with E-state index in [-0.39, 0.29) is 0 Å². The van der Waals surface area contributed by atoms with E-state index in [2.05, 4.69) is 37.3 Å². The van der Waals surface area contributed by atoms with Crippen LogP contribution in [0.2, 0.25) is 0 Å². The molecular formula is C22H22N6OS. The molecule has 4 heterocycles. The summed E-state index contributed by atoms with van der Waals surface area (Å²) >= 11 is 1.67. The first-order valence-electron chi connectivity index (χ1n) is 9.90. The number of anilines is 2. The number of methoxy groups -OCH3 is 1. The molecule has 3 aromatic heterocycles. The average Bonchev–Trinajstić information content (AvgIpc) is 3.23. The van der Waals surface area contributed by atoms with E-state index in [0.717, 1.165) is 65.3 Å². The van der Waals surface area contributed by atoms with Gasteiger partial charge in [-0.2, -0.15) is 0 Å². The Kier molecular flexibility index (Phi) is 4.92. The van der Waals surface area contributed by atoms with Gasteiger partial charge in [0.15, 0.2) is 0 Å². The van der Waals surface area contributed by atoms with Gasteiger partial charge in [-0.15, -0.1) is 11.3 Å². The van der Waals surface area contributed by atoms with Gasteiger partial charge in [0.2, 0.25) is 5.95 Å². The topological polar surface area (TPSA) is 67.3 Å². The monoisotopic (exact) mass is 418 g/mol. The summed E-state index contributed by atoms with van der Waals surface area (Å²) in [5.74, 6) is 3.45. The van der Waals surface area contributed by atoms with Gasteiger partial charge < -0.3 is 14.5 Å². The number of aromatic nitrogens is 4. The number of rotatable bonds is 4. The van der Waals surface area contributed by atoms with Crippen molar-refractivity contribution in [3.63, 3.8) is 0 Å². The first-order chi connectivity index (χ1) is 14.7. The molecule has 0 unspecified atom stereocenters. The van der Waals surface area contributed by atoms with Crippen molar-refractivity contribution in [1.29, 1.82) is 0 Å². The standard InChI is InChI=1S/C22H22N6OS/c1-15-25-20(27-10-12-28(13-11-27)22-23-8-3-9-24-22)19-18(14-30-21(19)26-15)16-4-6-17(29-2)7-5-16/h3-9,14H,10-13H2,1-2H3. The highest BCUT2D eigenvalue weighted by Gasteiger charge is 2.24. The Balaban J connectivity index is 1.49. The van der Waals surface area contributed by atoms with E-state index in [1.165, 1.54) is 5.56 Å². The van der Waals surface area contributed by atoms with E-state index in [1.807, 2.05) is 25.1 Å². The second-order valence-corrected chi connectivity index (χ2v) is 8.03. The van der Waals surface area contributed by atoms with E-state index in [4.69, 9.17) is 14.7 Å². The number of aryl methyl sites for hydroxylation is 1. The van der Waals surface area contributed by atoms with Crippen LogP contribution in [0.4, 0.5) is 11.8 Å². The molecule has 0 amide bonds. The van der Waals surface area contributed by atoms with Gasteiger partial charge in [0.05, 0.1) is 12.5 Å². The van der Waals surface area contributed by atoms with Gasteiger partial charge in [0.25, 0.3) is 0 Å². The molecule has 30 heavy (non-hydrogen) atoms. The molecule has 8 heteroatoms. The molecule has 7 nitrogen and oxygen atoms in total. The molecule has 0 N–H and O–H groups in total. The number of piperazine rings is 1. The maximum atomic E-state index is 5.31. The summed E-state index contributed by atoms with van der Waals surface area (Å²) in [4.78, 5) is 23.9. The second kappa shape index (κ2) is 7.87. The molecule has 1 aliphatic heterocycles. The summed E-state index contributed by atoms with van der Waals surface area (Å²) in [6.45, 7) is 5.40. The Morgan fingerprint density at radius 3 is 2.33 bits per heavy atom. The van der Waals surface area contributed by atoms with Gasteiger partial charge >= 0.3 is 0 Å². The van der Waals surface area contributed by atoms with Crippen molar-refractivity contribution in [3.8, 4) is 16.9 Å². The molecule has 1 fully saturated rings. The first-order valence-corrected chi connectivity index (χ1v) is 10.8. The SMILES string of the molecule is COc1ccc(-c2csc3nc(C)nc(N4CCN(c5ncccn5)CC4)c23)cc1. The molecule has 4 aromatic rings. The van der Waals surface area contributed by atoms with Gasteiger partial charge in [-0.1, -0.05) is 12.1 Å². The minimum absolute atomic E-state index is 0.788. The lowest BCUT2D eigenvalue weighted by atomic mass is 10.1. The molecule has 0 radical (unpaired) electrons. The van der Waals surface area contributed by atoms with Crippen molar-refractivity contribution in [3.05, 3.63) is 53.9 Å². The summed E-state index contributed by atoms with van der Waals surface area (Å²) in [5.41, 5.74) is 2.31. The third-order valence-corrected chi connectivity index (χ3v) is 6.21. The predicted octanol–water partition coefficient (Wildman–Crippen LogP) is 3.79. The zero-order valence-corrected chi connectivity index (χ0v) is 17.8. The number of hydrogen-bond donors (Lipinski definition) is 0. The van der Waals surface area contributed by atoms with Crippen molar-refractivity contribution in [1.82, 2.24) is 19.9 Å². The summed E-state index contributed by atoms with van der Waals surface area (Å²) in [7, 11) is 1.68. The highest BCUT2D eigenvalue weighted by Crippen LogP contribution is 2.39. The van der Waals surface area contributed by atoms with Crippen LogP contribution in [0.3, 0.4) is 0 Å². The van der Waals surface area contributed by atoms with Crippen LogP contribution in [0.1, 0.15) is 5.82 Å². The van der Waals surface area contributed by atoms with Crippen molar-refractivity contribution in [2.75, 3.05) is 43.1 Å². The lowest BCUT2D eigenvalue weighted by molar-refractivity contribution is 0.415. The van der Waals surface area contributed by atoms with Crippen LogP contribution in [-0.2, 0) is 0 Å². The zero-order chi connectivity index (χ0) is 20.5. The number of fused-ring (bicyclic) bond motifs is 1. The lowest BCUT2D eigenvalue weighted by Crippen LogP contribution is -2.47. The lowest BCUT2D eigenvalue weighted by Gasteiger charge is -2.35. The Hall–Kier alpha value is -3.26. The number of nitrogens with zero attached hydrogens (tertiary/aromatic N) is 6. The normalized spacial score (nSPS) is 14.3. The van der Waals surface area contributed by atoms with Gasteiger partial charge in [0.1, 0.15) is 22.2 Å². The minimum Gasteiger partial charge on any atom is -0.497 e. The molecule has 0 aliphatic carbocycles. The molecule has 1 aliphatic rings. The van der Waals surface area contributed by atoms with Crippen LogP contribution in [0.25, 0.3) is 21.3 Å². The largest absolute Gasteiger partial charge is 0.497 e. The van der Waals surface area contributed by atoms with Crippen LogP contribution in [0.5, 0.6) is 5.75 Å². The van der Waals surface area contributed by atoms with E-state index < -0.39 is 0 Å². The second-order valence-electron chi connectivity index (χ2n) is 7.18. The van der Waals surface area contributed by atoms with Crippen molar-refractivity contribution >= 4 is 33.3 Å². The van der Waals surface area contributed by atoms with Crippen molar-refractivity contribution in [2.24, 2.45) is 0 Å². The Morgan fingerprint density at radius 2 is 1.63 bits per heavy atom. The zero-order valence-electron chi connectivity index (χ0n) is 16.9. The smallest absolute Gasteiger partial charge is 0.225 e. The fourth-order valence-electron chi connectivity index (χ4n) is 3.81. The van der Waals surface area contributed by atoms with Gasteiger partial charge in [-0.3, -0.25) is 0 Å². The fraction of sp³-hybridized carbons (Fsp3) is 0.273. The van der Waals surface area contributed by atoms with E-state index >= 15 is 0 Å². The van der Waals surface area contributed by atoms with E-state index in [0.29, 0.717) is 0 Å². The van der Waals surface area contributed by atoms with Gasteiger partial charge in [-0.05, 0) is 30.7 Å². The Labute approximate surface area is 179 Å². The van der Waals surface area contributed by atoms with Crippen LogP contribution < -0.4 is 14.5 Å². The molecule has 1 aromatic carbocycles. The number of thiophene rings is 1. The molecule has 1 saturated heterocycles. The van der Waals surface area contributed by atoms with E-state index in [1.54, 1.807) is 30.8 Å². The maximum absolute atomic E-state index is 5.31. The number of hydrogen-bond acceptors (Lipinski definition) is 8. The van der Waals surface area contributed by atoms with Crippen LogP contribution in [0.15, 0.2) is 48.1 Å². The molecule has 0 spiro atoms. The van der Waals surface area contributed by atoms with E-state index in [9.17, 15) is 0 Å². The van der Waals surface area contributed by atoms with Gasteiger partial charge in [0, 0.05) is 49.5 Å². The number of ether oxygens (including phenoxy) is 1. The first kappa shape index (κ1) is 18.7. The summed E-state index contributed by atoms with van der Waals surface area (Å²) in [6, 6.07) is 10.0. The Morgan fingerprint density at radius 1 is 0.933 bits per heavy atom. The van der Waals surface area contributed by atoms with Crippen molar-refractivity contribution in [2.45, 2.75) is 6.92 Å². The summed E-state index contributed by atoms with van der Waals surface area (Å²) in [6.07, 6.45) is 3.58. The van der Waals surface area contributed by atoms with Crippen molar-refractivity contribution < 1.29 is 4.74 Å². The molecule has 0 saturated carbocycles. The molecule has 5 rings (SSSR count). The summed E-state index contributed by atoms with van der Waals surface area (Å²) < 4.78 is 5.31. The van der Waals surface area contributed by atoms with Crippen LogP contribution in [0, 0.1) is 6.92 Å². The minimum atomic E-state index is 0.788. The third-order valence-electron chi connectivity index (χ3n) is 5.34. The number of benzene rings is 1. The highest BCUT2D eigenvalue weighted by atomic mass is 32.1. The van der Waals surface area contributed by atoms with Gasteiger partial charge in [-0.25, -0.2) is 19.9 Å². The molecule has 152 valence electrons. The average molecular weight is 419 g/mol. The molecular weight excluding hydrogens is 396 g/mol.